The molecule has 1 N–H and O–H groups in total. The van der Waals surface area contributed by atoms with Gasteiger partial charge in [-0.3, -0.25) is 14.3 Å². The summed E-state index contributed by atoms with van der Waals surface area (Å²) < 4.78 is 6.62. The lowest BCUT2D eigenvalue weighted by Crippen LogP contribution is -2.28. The van der Waals surface area contributed by atoms with Gasteiger partial charge in [-0.15, -0.1) is 5.10 Å². The smallest absolute Gasteiger partial charge is 0.343 e. The lowest BCUT2D eigenvalue weighted by atomic mass is 10.0. The minimum absolute atomic E-state index is 0.0410. The van der Waals surface area contributed by atoms with Gasteiger partial charge in [0.15, 0.2) is 5.16 Å². The number of anilines is 2. The van der Waals surface area contributed by atoms with Gasteiger partial charge in [0.25, 0.3) is 0 Å². The van der Waals surface area contributed by atoms with Crippen LogP contribution in [0.3, 0.4) is 0 Å². The number of para-hydroxylation sites is 2. The molecule has 1 amide bonds. The minimum Gasteiger partial charge on any atom is -0.385 e. The van der Waals surface area contributed by atoms with E-state index in [1.807, 2.05) is 41.3 Å². The standard InChI is InChI=1S/C22H24N4O3S/c1-29-14-6-13-25-21(28)23-24-22(25)30-15-20(27)26-18-9-4-2-7-16(18)11-12-17-8-3-5-10-19(17)26/h2-5,7-10H,6,11-15H2,1H3,(H,23,28). The van der Waals surface area contributed by atoms with Gasteiger partial charge in [-0.1, -0.05) is 48.2 Å². The molecule has 1 aliphatic heterocycles. The second-order valence-electron chi connectivity index (χ2n) is 7.08. The molecule has 1 aromatic heterocycles. The zero-order chi connectivity index (χ0) is 20.9. The summed E-state index contributed by atoms with van der Waals surface area (Å²) in [6.07, 6.45) is 2.48. The summed E-state index contributed by atoms with van der Waals surface area (Å²) in [4.78, 5) is 27.2. The van der Waals surface area contributed by atoms with Crippen molar-refractivity contribution < 1.29 is 9.53 Å². The maximum absolute atomic E-state index is 13.4. The number of nitrogens with zero attached hydrogens (tertiary/aromatic N) is 3. The van der Waals surface area contributed by atoms with E-state index in [0.29, 0.717) is 24.7 Å². The fourth-order valence-electron chi connectivity index (χ4n) is 3.72. The number of aromatic amines is 1. The summed E-state index contributed by atoms with van der Waals surface area (Å²) in [6, 6.07) is 16.1. The molecule has 7 nitrogen and oxygen atoms in total. The number of hydrogen-bond donors (Lipinski definition) is 1. The van der Waals surface area contributed by atoms with Crippen LogP contribution in [-0.2, 0) is 28.9 Å². The Hall–Kier alpha value is -2.84. The van der Waals surface area contributed by atoms with Crippen molar-refractivity contribution in [3.63, 3.8) is 0 Å². The third-order valence-electron chi connectivity index (χ3n) is 5.16. The number of carbonyl (C=O) groups is 1. The van der Waals surface area contributed by atoms with Crippen LogP contribution in [0, 0.1) is 0 Å². The first-order valence-electron chi connectivity index (χ1n) is 9.94. The molecule has 156 valence electrons. The molecule has 0 saturated heterocycles. The van der Waals surface area contributed by atoms with Gasteiger partial charge in [-0.2, -0.15) is 0 Å². The highest BCUT2D eigenvalue weighted by Crippen LogP contribution is 2.36. The van der Waals surface area contributed by atoms with E-state index in [2.05, 4.69) is 22.3 Å². The number of amides is 1. The van der Waals surface area contributed by atoms with Crippen molar-refractivity contribution >= 4 is 29.0 Å². The van der Waals surface area contributed by atoms with Gasteiger partial charge in [0.1, 0.15) is 0 Å². The van der Waals surface area contributed by atoms with Crippen LogP contribution in [-0.4, -0.2) is 40.1 Å². The predicted molar refractivity (Wildman–Crippen MR) is 118 cm³/mol. The SMILES string of the molecule is COCCCn1c(SCC(=O)N2c3ccccc3CCc3ccccc32)n[nH]c1=O. The second kappa shape index (κ2) is 9.32. The van der Waals surface area contributed by atoms with Crippen LogP contribution in [0.4, 0.5) is 11.4 Å². The summed E-state index contributed by atoms with van der Waals surface area (Å²) in [6.45, 7) is 1.05. The molecule has 0 atom stereocenters. The van der Waals surface area contributed by atoms with E-state index in [4.69, 9.17) is 4.74 Å². The van der Waals surface area contributed by atoms with E-state index >= 15 is 0 Å². The highest BCUT2D eigenvalue weighted by atomic mass is 32.2. The number of ether oxygens (including phenoxy) is 1. The zero-order valence-electron chi connectivity index (χ0n) is 16.8. The number of H-pyrrole nitrogens is 1. The Kier molecular flexibility index (Phi) is 6.35. The number of nitrogens with one attached hydrogen (secondary N) is 1. The third kappa shape index (κ3) is 4.20. The minimum atomic E-state index is -0.272. The summed E-state index contributed by atoms with van der Waals surface area (Å²) in [7, 11) is 1.63. The molecule has 0 unspecified atom stereocenters. The molecular weight excluding hydrogens is 400 g/mol. The number of methoxy groups -OCH3 is 1. The highest BCUT2D eigenvalue weighted by Gasteiger charge is 2.26. The molecule has 3 aromatic rings. The van der Waals surface area contributed by atoms with Crippen molar-refractivity contribution in [2.75, 3.05) is 24.4 Å². The monoisotopic (exact) mass is 424 g/mol. The predicted octanol–water partition coefficient (Wildman–Crippen LogP) is 3.16. The van der Waals surface area contributed by atoms with Gasteiger partial charge in [0, 0.05) is 20.3 Å². The lowest BCUT2D eigenvalue weighted by molar-refractivity contribution is -0.115. The van der Waals surface area contributed by atoms with E-state index in [0.717, 1.165) is 35.3 Å². The Bertz CT molecular complexity index is 1040. The van der Waals surface area contributed by atoms with Crippen LogP contribution in [0.5, 0.6) is 0 Å². The zero-order valence-corrected chi connectivity index (χ0v) is 17.7. The van der Waals surface area contributed by atoms with Crippen molar-refractivity contribution in [3.05, 3.63) is 70.1 Å². The van der Waals surface area contributed by atoms with Crippen molar-refractivity contribution in [3.8, 4) is 0 Å². The number of hydrogen-bond acceptors (Lipinski definition) is 5. The Labute approximate surface area is 179 Å². The summed E-state index contributed by atoms with van der Waals surface area (Å²) in [5.41, 5.74) is 3.89. The Morgan fingerprint density at radius 2 is 1.73 bits per heavy atom. The fraction of sp³-hybridized carbons (Fsp3) is 0.318. The second-order valence-corrected chi connectivity index (χ2v) is 8.03. The topological polar surface area (TPSA) is 80.2 Å². The van der Waals surface area contributed by atoms with Gasteiger partial charge in [-0.25, -0.2) is 9.89 Å². The number of fused-ring (bicyclic) bond motifs is 2. The molecule has 0 aliphatic carbocycles. The normalized spacial score (nSPS) is 12.9. The van der Waals surface area contributed by atoms with E-state index in [1.165, 1.54) is 11.8 Å². The first-order chi connectivity index (χ1) is 14.7. The van der Waals surface area contributed by atoms with Crippen LogP contribution in [0.1, 0.15) is 17.5 Å². The number of carbonyl (C=O) groups excluding carboxylic acids is 1. The molecule has 4 rings (SSSR count). The lowest BCUT2D eigenvalue weighted by Gasteiger charge is -2.24. The molecule has 0 radical (unpaired) electrons. The first-order valence-corrected chi connectivity index (χ1v) is 10.9. The average Bonchev–Trinajstić information content (AvgIpc) is 3.02. The van der Waals surface area contributed by atoms with E-state index in [-0.39, 0.29) is 17.3 Å². The molecule has 1 aliphatic rings. The summed E-state index contributed by atoms with van der Waals surface area (Å²) >= 11 is 1.27. The van der Waals surface area contributed by atoms with Gasteiger partial charge in [0.2, 0.25) is 5.91 Å². The summed E-state index contributed by atoms with van der Waals surface area (Å²) in [5.74, 6) is 0.137. The van der Waals surface area contributed by atoms with Gasteiger partial charge in [-0.05, 0) is 42.5 Å². The molecule has 0 bridgehead atoms. The van der Waals surface area contributed by atoms with Crippen LogP contribution in [0.2, 0.25) is 0 Å². The first kappa shape index (κ1) is 20.4. The number of aryl methyl sites for hydroxylation is 2. The average molecular weight is 425 g/mol. The van der Waals surface area contributed by atoms with E-state index in [9.17, 15) is 9.59 Å². The number of aromatic nitrogens is 3. The van der Waals surface area contributed by atoms with Crippen molar-refractivity contribution in [1.82, 2.24) is 14.8 Å². The molecule has 8 heteroatoms. The van der Waals surface area contributed by atoms with Crippen LogP contribution >= 0.6 is 11.8 Å². The number of benzene rings is 2. The van der Waals surface area contributed by atoms with Gasteiger partial charge in [0.05, 0.1) is 17.1 Å². The molecule has 0 fully saturated rings. The van der Waals surface area contributed by atoms with Crippen molar-refractivity contribution in [2.45, 2.75) is 31.0 Å². The van der Waals surface area contributed by atoms with Crippen LogP contribution < -0.4 is 10.6 Å². The Morgan fingerprint density at radius 3 is 2.37 bits per heavy atom. The number of rotatable bonds is 7. The largest absolute Gasteiger partial charge is 0.385 e. The maximum Gasteiger partial charge on any atom is 0.343 e. The molecule has 0 saturated carbocycles. The number of thioether (sulfide) groups is 1. The Morgan fingerprint density at radius 1 is 1.10 bits per heavy atom. The third-order valence-corrected chi connectivity index (χ3v) is 6.12. The highest BCUT2D eigenvalue weighted by molar-refractivity contribution is 7.99. The fourth-order valence-corrected chi connectivity index (χ4v) is 4.54. The molecule has 2 heterocycles. The van der Waals surface area contributed by atoms with Crippen LogP contribution in [0.15, 0.2) is 58.5 Å². The molecule has 0 spiro atoms. The van der Waals surface area contributed by atoms with Crippen molar-refractivity contribution in [2.24, 2.45) is 0 Å². The summed E-state index contributed by atoms with van der Waals surface area (Å²) in [5, 5.41) is 7.09. The maximum atomic E-state index is 13.4. The van der Waals surface area contributed by atoms with E-state index < -0.39 is 0 Å². The van der Waals surface area contributed by atoms with E-state index in [1.54, 1.807) is 11.7 Å². The van der Waals surface area contributed by atoms with Gasteiger partial charge >= 0.3 is 5.69 Å². The van der Waals surface area contributed by atoms with Crippen molar-refractivity contribution in [1.29, 1.82) is 0 Å². The quantitative estimate of drug-likeness (QED) is 0.466. The van der Waals surface area contributed by atoms with Crippen LogP contribution in [0.25, 0.3) is 0 Å². The molecule has 30 heavy (non-hydrogen) atoms. The Balaban J connectivity index is 1.58. The van der Waals surface area contributed by atoms with Gasteiger partial charge < -0.3 is 4.74 Å². The molecule has 2 aromatic carbocycles. The molecular formula is C22H24N4O3S.